The van der Waals surface area contributed by atoms with Gasteiger partial charge >= 0.3 is 0 Å². The monoisotopic (exact) mass is 417 g/mol. The first kappa shape index (κ1) is 19.3. The van der Waals surface area contributed by atoms with E-state index in [2.05, 4.69) is 15.0 Å². The summed E-state index contributed by atoms with van der Waals surface area (Å²) < 4.78 is 3.47. The predicted octanol–water partition coefficient (Wildman–Crippen LogP) is 2.79. The van der Waals surface area contributed by atoms with E-state index in [1.165, 1.54) is 11.1 Å². The van der Waals surface area contributed by atoms with E-state index >= 15 is 0 Å². The Morgan fingerprint density at radius 3 is 2.77 bits per heavy atom. The number of H-pyrrole nitrogens is 1. The van der Waals surface area contributed by atoms with Gasteiger partial charge in [-0.1, -0.05) is 18.6 Å². The molecule has 1 aliphatic heterocycles. The van der Waals surface area contributed by atoms with E-state index in [9.17, 15) is 14.4 Å². The Balaban J connectivity index is 1.31. The highest BCUT2D eigenvalue weighted by Crippen LogP contribution is 2.24. The number of rotatable bonds is 4. The first-order valence-electron chi connectivity index (χ1n) is 10.6. The molecule has 8 heteroatoms. The summed E-state index contributed by atoms with van der Waals surface area (Å²) in [7, 11) is 0. The van der Waals surface area contributed by atoms with Crippen molar-refractivity contribution >= 4 is 33.4 Å². The van der Waals surface area contributed by atoms with Gasteiger partial charge in [0.1, 0.15) is 5.82 Å². The summed E-state index contributed by atoms with van der Waals surface area (Å²) in [5, 5.41) is 6.11. The van der Waals surface area contributed by atoms with Crippen LogP contribution in [-0.4, -0.2) is 25.2 Å². The highest BCUT2D eigenvalue weighted by molar-refractivity contribution is 5.93. The molecule has 0 atom stereocenters. The lowest BCUT2D eigenvalue weighted by Gasteiger charge is -2.09. The third-order valence-corrected chi connectivity index (χ3v) is 5.84. The average Bonchev–Trinajstić information content (AvgIpc) is 2.95. The molecule has 0 unspecified atom stereocenters. The van der Waals surface area contributed by atoms with Crippen LogP contribution in [0, 0.1) is 0 Å². The van der Waals surface area contributed by atoms with Crippen LogP contribution in [0.5, 0.6) is 0 Å². The van der Waals surface area contributed by atoms with E-state index in [0.29, 0.717) is 16.5 Å². The van der Waals surface area contributed by atoms with Crippen molar-refractivity contribution in [2.75, 3.05) is 5.32 Å². The predicted molar refractivity (Wildman–Crippen MR) is 119 cm³/mol. The SMILES string of the molecule is O=C(CCn1[nH]c(=O)c2ccccc2c1=O)Nc1ccc2c(c1)nc1n2CCCCC1. The van der Waals surface area contributed by atoms with Crippen molar-refractivity contribution in [2.45, 2.75) is 45.2 Å². The van der Waals surface area contributed by atoms with Gasteiger partial charge in [-0.15, -0.1) is 0 Å². The number of hydrogen-bond donors (Lipinski definition) is 2. The average molecular weight is 417 g/mol. The molecule has 5 rings (SSSR count). The standard InChI is InChI=1S/C23H23N5O3/c29-21(11-13-28-23(31)17-7-4-3-6-16(17)22(30)26-28)24-15-9-10-19-18(14-15)25-20-8-2-1-5-12-27(19)20/h3-4,6-7,9-10,14H,1-2,5,8,11-13H2,(H,24,29)(H,26,30). The van der Waals surface area contributed by atoms with E-state index in [0.717, 1.165) is 42.7 Å². The van der Waals surface area contributed by atoms with Crippen LogP contribution in [0.1, 0.15) is 31.5 Å². The quantitative estimate of drug-likeness (QED) is 0.533. The second kappa shape index (κ2) is 7.86. The Hall–Kier alpha value is -3.68. The maximum Gasteiger partial charge on any atom is 0.273 e. The number of amides is 1. The van der Waals surface area contributed by atoms with Gasteiger partial charge in [0.25, 0.3) is 11.1 Å². The number of aromatic amines is 1. The van der Waals surface area contributed by atoms with Crippen molar-refractivity contribution < 1.29 is 4.79 Å². The summed E-state index contributed by atoms with van der Waals surface area (Å²) in [6, 6.07) is 12.4. The van der Waals surface area contributed by atoms with E-state index in [-0.39, 0.29) is 30.0 Å². The lowest BCUT2D eigenvalue weighted by Crippen LogP contribution is -2.31. The molecule has 0 aliphatic carbocycles. The van der Waals surface area contributed by atoms with Gasteiger partial charge in [-0.3, -0.25) is 19.5 Å². The van der Waals surface area contributed by atoms with Crippen LogP contribution in [0.15, 0.2) is 52.1 Å². The number of nitrogens with one attached hydrogen (secondary N) is 2. The molecule has 4 aromatic rings. The molecule has 3 heterocycles. The number of fused-ring (bicyclic) bond motifs is 4. The third kappa shape index (κ3) is 3.65. The number of carbonyl (C=O) groups is 1. The minimum Gasteiger partial charge on any atom is -0.328 e. The number of aromatic nitrogens is 4. The van der Waals surface area contributed by atoms with Crippen LogP contribution >= 0.6 is 0 Å². The van der Waals surface area contributed by atoms with Crippen molar-refractivity contribution in [3.8, 4) is 0 Å². The van der Waals surface area contributed by atoms with E-state index in [1.807, 2.05) is 18.2 Å². The van der Waals surface area contributed by atoms with E-state index < -0.39 is 0 Å². The molecule has 2 aromatic carbocycles. The van der Waals surface area contributed by atoms with Crippen molar-refractivity contribution in [3.05, 3.63) is 69.0 Å². The fourth-order valence-corrected chi connectivity index (χ4v) is 4.27. The zero-order valence-electron chi connectivity index (χ0n) is 17.1. The maximum atomic E-state index is 12.6. The number of imidazole rings is 1. The van der Waals surface area contributed by atoms with E-state index in [4.69, 9.17) is 4.98 Å². The number of nitrogens with zero attached hydrogens (tertiary/aromatic N) is 3. The van der Waals surface area contributed by atoms with Crippen molar-refractivity contribution in [2.24, 2.45) is 0 Å². The number of aryl methyl sites for hydroxylation is 3. The molecule has 1 amide bonds. The summed E-state index contributed by atoms with van der Waals surface area (Å²) >= 11 is 0. The lowest BCUT2D eigenvalue weighted by molar-refractivity contribution is -0.116. The first-order chi connectivity index (χ1) is 15.1. The molecule has 8 nitrogen and oxygen atoms in total. The summed E-state index contributed by atoms with van der Waals surface area (Å²) in [6.45, 7) is 1.07. The van der Waals surface area contributed by atoms with Gasteiger partial charge in [0.15, 0.2) is 0 Å². The molecule has 1 aliphatic rings. The smallest absolute Gasteiger partial charge is 0.273 e. The minimum atomic E-state index is -0.347. The van der Waals surface area contributed by atoms with Crippen LogP contribution < -0.4 is 16.4 Å². The van der Waals surface area contributed by atoms with Crippen molar-refractivity contribution in [3.63, 3.8) is 0 Å². The van der Waals surface area contributed by atoms with Gasteiger partial charge in [0, 0.05) is 25.1 Å². The second-order valence-electron chi connectivity index (χ2n) is 7.94. The van der Waals surface area contributed by atoms with Gasteiger partial charge < -0.3 is 9.88 Å². The summed E-state index contributed by atoms with van der Waals surface area (Å²) in [4.78, 5) is 42.0. The maximum absolute atomic E-state index is 12.6. The van der Waals surface area contributed by atoms with Gasteiger partial charge in [-0.2, -0.15) is 0 Å². The fourth-order valence-electron chi connectivity index (χ4n) is 4.27. The normalized spacial score (nSPS) is 13.8. The molecule has 0 radical (unpaired) electrons. The number of carbonyl (C=O) groups excluding carboxylic acids is 1. The molecule has 2 aromatic heterocycles. The molecule has 2 N–H and O–H groups in total. The Labute approximate surface area is 177 Å². The number of benzene rings is 2. The largest absolute Gasteiger partial charge is 0.328 e. The van der Waals surface area contributed by atoms with Crippen LogP contribution in [0.4, 0.5) is 5.69 Å². The molecular weight excluding hydrogens is 394 g/mol. The summed E-state index contributed by atoms with van der Waals surface area (Å²) in [5.41, 5.74) is 1.98. The molecular formula is C23H23N5O3. The topological polar surface area (TPSA) is 102 Å². The number of hydrogen-bond acceptors (Lipinski definition) is 4. The summed E-state index contributed by atoms with van der Waals surface area (Å²) in [5.74, 6) is 0.872. The van der Waals surface area contributed by atoms with Crippen molar-refractivity contribution in [1.82, 2.24) is 19.3 Å². The van der Waals surface area contributed by atoms with Gasteiger partial charge in [0.2, 0.25) is 5.91 Å². The highest BCUT2D eigenvalue weighted by atomic mass is 16.2. The molecule has 0 bridgehead atoms. The first-order valence-corrected chi connectivity index (χ1v) is 10.6. The Kier molecular flexibility index (Phi) is 4.89. The van der Waals surface area contributed by atoms with Crippen LogP contribution in [0.2, 0.25) is 0 Å². The van der Waals surface area contributed by atoms with E-state index in [1.54, 1.807) is 24.3 Å². The Morgan fingerprint density at radius 1 is 1.06 bits per heavy atom. The highest BCUT2D eigenvalue weighted by Gasteiger charge is 2.14. The number of anilines is 1. The van der Waals surface area contributed by atoms with Gasteiger partial charge in [-0.25, -0.2) is 9.67 Å². The molecule has 31 heavy (non-hydrogen) atoms. The Morgan fingerprint density at radius 2 is 1.90 bits per heavy atom. The van der Waals surface area contributed by atoms with Crippen molar-refractivity contribution in [1.29, 1.82) is 0 Å². The zero-order valence-corrected chi connectivity index (χ0v) is 17.1. The zero-order chi connectivity index (χ0) is 21.4. The van der Waals surface area contributed by atoms with Crippen LogP contribution in [0.25, 0.3) is 21.8 Å². The van der Waals surface area contributed by atoms with Gasteiger partial charge in [0.05, 0.1) is 28.4 Å². The molecule has 158 valence electrons. The second-order valence-corrected chi connectivity index (χ2v) is 7.94. The Bertz CT molecular complexity index is 1410. The van der Waals surface area contributed by atoms with Gasteiger partial charge in [-0.05, 0) is 43.2 Å². The summed E-state index contributed by atoms with van der Waals surface area (Å²) in [6.07, 6.45) is 4.59. The molecule has 0 saturated carbocycles. The molecule has 0 spiro atoms. The van der Waals surface area contributed by atoms with Crippen LogP contribution in [0.3, 0.4) is 0 Å². The molecule has 0 saturated heterocycles. The van der Waals surface area contributed by atoms with Crippen LogP contribution in [-0.2, 0) is 24.3 Å². The molecule has 0 fully saturated rings. The third-order valence-electron chi connectivity index (χ3n) is 5.84. The minimum absolute atomic E-state index is 0.0614. The fraction of sp³-hybridized carbons (Fsp3) is 0.304. The lowest BCUT2D eigenvalue weighted by atomic mass is 10.2.